The highest BCUT2D eigenvalue weighted by molar-refractivity contribution is 6.09. The number of amides is 1. The summed E-state index contributed by atoms with van der Waals surface area (Å²) >= 11 is 0. The van der Waals surface area contributed by atoms with Crippen LogP contribution in [-0.4, -0.2) is 24.0 Å². The minimum absolute atomic E-state index is 0.159. The van der Waals surface area contributed by atoms with Gasteiger partial charge in [-0.25, -0.2) is 9.37 Å². The molecule has 110 valence electrons. The number of carbonyl (C=O) groups excluding carboxylic acids is 1. The Labute approximate surface area is 123 Å². The van der Waals surface area contributed by atoms with Gasteiger partial charge in [-0.15, -0.1) is 0 Å². The van der Waals surface area contributed by atoms with Gasteiger partial charge in [0.2, 0.25) is 0 Å². The van der Waals surface area contributed by atoms with Gasteiger partial charge in [-0.05, 0) is 50.2 Å². The van der Waals surface area contributed by atoms with Crippen molar-refractivity contribution in [3.8, 4) is 0 Å². The van der Waals surface area contributed by atoms with Crippen molar-refractivity contribution in [2.75, 3.05) is 23.3 Å². The van der Waals surface area contributed by atoms with E-state index in [-0.39, 0.29) is 11.7 Å². The summed E-state index contributed by atoms with van der Waals surface area (Å²) in [4.78, 5) is 18.5. The molecule has 0 aliphatic carbocycles. The Morgan fingerprint density at radius 2 is 1.95 bits per heavy atom. The lowest BCUT2D eigenvalue weighted by molar-refractivity contribution is 0.0989. The molecule has 1 aromatic carbocycles. The number of aromatic nitrogens is 1. The van der Waals surface area contributed by atoms with E-state index >= 15 is 0 Å². The topological polar surface area (TPSA) is 45.2 Å². The second-order valence-corrected chi connectivity index (χ2v) is 4.46. The van der Waals surface area contributed by atoms with E-state index < -0.39 is 0 Å². The number of halogens is 1. The third-order valence-electron chi connectivity index (χ3n) is 3.08. The lowest BCUT2D eigenvalue weighted by Gasteiger charge is -2.22. The molecule has 2 rings (SSSR count). The van der Waals surface area contributed by atoms with Crippen molar-refractivity contribution in [1.82, 2.24) is 4.98 Å². The molecule has 0 aliphatic rings. The highest BCUT2D eigenvalue weighted by Gasteiger charge is 2.19. The molecule has 21 heavy (non-hydrogen) atoms. The molecule has 0 spiro atoms. The molecule has 1 aromatic heterocycles. The molecule has 2 aromatic rings. The van der Waals surface area contributed by atoms with Gasteiger partial charge in [0.25, 0.3) is 5.91 Å². The van der Waals surface area contributed by atoms with Gasteiger partial charge in [-0.1, -0.05) is 0 Å². The molecular weight excluding hydrogens is 269 g/mol. The number of rotatable bonds is 5. The Morgan fingerprint density at radius 1 is 1.24 bits per heavy atom. The van der Waals surface area contributed by atoms with E-state index in [1.807, 2.05) is 13.8 Å². The van der Waals surface area contributed by atoms with Crippen LogP contribution in [0.25, 0.3) is 0 Å². The molecule has 1 N–H and O–H groups in total. The van der Waals surface area contributed by atoms with Crippen molar-refractivity contribution in [2.45, 2.75) is 13.8 Å². The first-order valence-corrected chi connectivity index (χ1v) is 6.93. The highest BCUT2D eigenvalue weighted by atomic mass is 19.1. The Bertz CT molecular complexity index is 613. The fourth-order valence-corrected chi connectivity index (χ4v) is 2.10. The van der Waals surface area contributed by atoms with Crippen molar-refractivity contribution in [3.63, 3.8) is 0 Å². The van der Waals surface area contributed by atoms with Crippen LogP contribution in [0.4, 0.5) is 15.9 Å². The van der Waals surface area contributed by atoms with Gasteiger partial charge in [-0.2, -0.15) is 0 Å². The molecule has 0 fully saturated rings. The molecule has 0 saturated heterocycles. The molecule has 0 unspecified atom stereocenters. The summed E-state index contributed by atoms with van der Waals surface area (Å²) in [6, 6.07) is 9.35. The largest absolute Gasteiger partial charge is 0.370 e. The summed E-state index contributed by atoms with van der Waals surface area (Å²) in [7, 11) is 0. The van der Waals surface area contributed by atoms with E-state index in [4.69, 9.17) is 0 Å². The Morgan fingerprint density at radius 3 is 2.57 bits per heavy atom. The van der Waals surface area contributed by atoms with Crippen LogP contribution in [0.3, 0.4) is 0 Å². The molecule has 4 nitrogen and oxygen atoms in total. The Kier molecular flexibility index (Phi) is 4.87. The second kappa shape index (κ2) is 6.83. The fourth-order valence-electron chi connectivity index (χ4n) is 2.10. The van der Waals surface area contributed by atoms with Gasteiger partial charge >= 0.3 is 0 Å². The first-order chi connectivity index (χ1) is 10.2. The number of hydrogen-bond acceptors (Lipinski definition) is 3. The van der Waals surface area contributed by atoms with Crippen LogP contribution in [0.15, 0.2) is 42.6 Å². The van der Waals surface area contributed by atoms with Gasteiger partial charge in [0.05, 0.1) is 5.56 Å². The van der Waals surface area contributed by atoms with Gasteiger partial charge < -0.3 is 10.2 Å². The smallest absolute Gasteiger partial charge is 0.262 e. The molecule has 0 bridgehead atoms. The van der Waals surface area contributed by atoms with E-state index in [9.17, 15) is 9.18 Å². The minimum atomic E-state index is -0.322. The average molecular weight is 287 g/mol. The van der Waals surface area contributed by atoms with E-state index in [0.717, 1.165) is 0 Å². The molecule has 5 heteroatoms. The second-order valence-electron chi connectivity index (χ2n) is 4.46. The van der Waals surface area contributed by atoms with E-state index in [2.05, 4.69) is 10.3 Å². The summed E-state index contributed by atoms with van der Waals surface area (Å²) in [5.74, 6) is 0.0793. The first-order valence-electron chi connectivity index (χ1n) is 6.93. The van der Waals surface area contributed by atoms with Crippen LogP contribution in [0.5, 0.6) is 0 Å². The van der Waals surface area contributed by atoms with Crippen molar-refractivity contribution < 1.29 is 9.18 Å². The van der Waals surface area contributed by atoms with Crippen molar-refractivity contribution in [3.05, 3.63) is 54.0 Å². The fraction of sp³-hybridized carbons (Fsp3) is 0.250. The maximum atomic E-state index is 13.0. The van der Waals surface area contributed by atoms with Crippen LogP contribution >= 0.6 is 0 Å². The number of anilines is 2. The third kappa shape index (κ3) is 3.37. The lowest BCUT2D eigenvalue weighted by atomic mass is 10.2. The maximum absolute atomic E-state index is 13.0. The van der Waals surface area contributed by atoms with Crippen LogP contribution in [0, 0.1) is 5.82 Å². The molecule has 0 atom stereocenters. The molecular formula is C16H18FN3O. The lowest BCUT2D eigenvalue weighted by Crippen LogP contribution is -2.31. The molecule has 1 heterocycles. The molecule has 0 radical (unpaired) electrons. The number of benzene rings is 1. The number of nitrogens with one attached hydrogen (secondary N) is 1. The number of carbonyl (C=O) groups is 1. The Balaban J connectivity index is 2.34. The van der Waals surface area contributed by atoms with Crippen LogP contribution in [0.2, 0.25) is 0 Å². The summed E-state index contributed by atoms with van der Waals surface area (Å²) in [5.41, 5.74) is 1.17. The molecule has 0 aliphatic heterocycles. The molecule has 1 amide bonds. The van der Waals surface area contributed by atoms with Crippen LogP contribution in [0.1, 0.15) is 24.2 Å². The van der Waals surface area contributed by atoms with Gasteiger partial charge in [0.15, 0.2) is 0 Å². The minimum Gasteiger partial charge on any atom is -0.370 e. The van der Waals surface area contributed by atoms with Crippen molar-refractivity contribution >= 4 is 17.4 Å². The Hall–Kier alpha value is -2.43. The molecule has 0 saturated carbocycles. The zero-order valence-electron chi connectivity index (χ0n) is 12.1. The van der Waals surface area contributed by atoms with Gasteiger partial charge in [0, 0.05) is 25.0 Å². The summed E-state index contributed by atoms with van der Waals surface area (Å²) in [6.07, 6.45) is 1.64. The van der Waals surface area contributed by atoms with E-state index in [1.165, 1.54) is 12.1 Å². The van der Waals surface area contributed by atoms with Crippen LogP contribution in [-0.2, 0) is 0 Å². The quantitative estimate of drug-likeness (QED) is 0.917. The van der Waals surface area contributed by atoms with E-state index in [0.29, 0.717) is 30.2 Å². The van der Waals surface area contributed by atoms with Gasteiger partial charge in [0.1, 0.15) is 11.6 Å². The van der Waals surface area contributed by atoms with Gasteiger partial charge in [-0.3, -0.25) is 4.79 Å². The summed E-state index contributed by atoms with van der Waals surface area (Å²) in [6.45, 7) is 5.00. The van der Waals surface area contributed by atoms with Crippen molar-refractivity contribution in [2.24, 2.45) is 0 Å². The average Bonchev–Trinajstić information content (AvgIpc) is 2.50. The summed E-state index contributed by atoms with van der Waals surface area (Å²) in [5, 5.41) is 3.08. The zero-order chi connectivity index (χ0) is 15.2. The predicted octanol–water partition coefficient (Wildman–Crippen LogP) is 3.32. The predicted molar refractivity (Wildman–Crippen MR) is 82.2 cm³/mol. The number of hydrogen-bond donors (Lipinski definition) is 1. The highest BCUT2D eigenvalue weighted by Crippen LogP contribution is 2.20. The third-order valence-corrected chi connectivity index (χ3v) is 3.08. The first kappa shape index (κ1) is 15.0. The standard InChI is InChI=1S/C16H18FN3O/c1-3-18-15-14(6-5-11-19-15)16(21)20(4-2)13-9-7-12(17)8-10-13/h5-11H,3-4H2,1-2H3,(H,18,19). The SMILES string of the molecule is CCNc1ncccc1C(=O)N(CC)c1ccc(F)cc1. The zero-order valence-corrected chi connectivity index (χ0v) is 12.1. The maximum Gasteiger partial charge on any atom is 0.262 e. The number of nitrogens with zero attached hydrogens (tertiary/aromatic N) is 2. The number of pyridine rings is 1. The summed E-state index contributed by atoms with van der Waals surface area (Å²) < 4.78 is 13.0. The van der Waals surface area contributed by atoms with Crippen LogP contribution < -0.4 is 10.2 Å². The normalized spacial score (nSPS) is 10.2. The van der Waals surface area contributed by atoms with Crippen molar-refractivity contribution in [1.29, 1.82) is 0 Å². The monoisotopic (exact) mass is 287 g/mol. The van der Waals surface area contributed by atoms with E-state index in [1.54, 1.807) is 35.4 Å².